The molecular weight excluding hydrogens is 428 g/mol. The van der Waals surface area contributed by atoms with Crippen LogP contribution in [0, 0.1) is 13.8 Å². The molecule has 0 radical (unpaired) electrons. The van der Waals surface area contributed by atoms with Gasteiger partial charge in [0, 0.05) is 28.8 Å². The fourth-order valence-corrected chi connectivity index (χ4v) is 3.18. The van der Waals surface area contributed by atoms with Crippen molar-refractivity contribution in [2.24, 2.45) is 0 Å². The van der Waals surface area contributed by atoms with Crippen LogP contribution >= 0.6 is 23.2 Å². The fourth-order valence-electron chi connectivity index (χ4n) is 2.89. The standard InChI is InChI=1S/C20H21Cl2F3N2O2/c1-11-7-13(8-12(2)18(11)22)19(20(23,24)25)27-15-3-4-16(21)14(9-15)10-26-6-5-17(28)29/h3-4,7-9,19,26-27H,5-6,10H2,1-2H3,(H,28,29)/t19-/m0/s1. The van der Waals surface area contributed by atoms with Gasteiger partial charge in [0.1, 0.15) is 6.04 Å². The van der Waals surface area contributed by atoms with Gasteiger partial charge in [0.25, 0.3) is 0 Å². The SMILES string of the molecule is Cc1cc([C@H](Nc2ccc(Cl)c(CNCCC(=O)O)c2)C(F)(F)F)cc(C)c1Cl. The quantitative estimate of drug-likeness (QED) is 0.440. The number of hydrogen-bond donors (Lipinski definition) is 3. The number of aliphatic carboxylic acids is 1. The molecule has 29 heavy (non-hydrogen) atoms. The third-order valence-electron chi connectivity index (χ3n) is 4.31. The van der Waals surface area contributed by atoms with E-state index in [2.05, 4.69) is 10.6 Å². The average molecular weight is 449 g/mol. The van der Waals surface area contributed by atoms with Gasteiger partial charge in [-0.3, -0.25) is 4.79 Å². The summed E-state index contributed by atoms with van der Waals surface area (Å²) in [5, 5.41) is 14.9. The molecule has 0 unspecified atom stereocenters. The fraction of sp³-hybridized carbons (Fsp3) is 0.350. The second kappa shape index (κ2) is 9.69. The van der Waals surface area contributed by atoms with Crippen molar-refractivity contribution in [2.75, 3.05) is 11.9 Å². The van der Waals surface area contributed by atoms with Crippen LogP contribution in [0.5, 0.6) is 0 Å². The first kappa shape index (κ1) is 23.3. The summed E-state index contributed by atoms with van der Waals surface area (Å²) >= 11 is 12.2. The Kier molecular flexibility index (Phi) is 7.80. The van der Waals surface area contributed by atoms with E-state index in [1.54, 1.807) is 13.8 Å². The molecule has 4 nitrogen and oxygen atoms in total. The summed E-state index contributed by atoms with van der Waals surface area (Å²) in [4.78, 5) is 10.6. The van der Waals surface area contributed by atoms with Crippen molar-refractivity contribution in [3.05, 3.63) is 62.6 Å². The molecule has 3 N–H and O–H groups in total. The number of halogens is 5. The van der Waals surface area contributed by atoms with E-state index in [0.29, 0.717) is 26.7 Å². The molecule has 0 aliphatic heterocycles. The van der Waals surface area contributed by atoms with Gasteiger partial charge < -0.3 is 15.7 Å². The predicted molar refractivity (Wildman–Crippen MR) is 109 cm³/mol. The number of benzene rings is 2. The highest BCUT2D eigenvalue weighted by Crippen LogP contribution is 2.38. The zero-order valence-electron chi connectivity index (χ0n) is 15.8. The first-order valence-corrected chi connectivity index (χ1v) is 9.55. The Morgan fingerprint density at radius 3 is 2.31 bits per heavy atom. The number of nitrogens with one attached hydrogen (secondary N) is 2. The van der Waals surface area contributed by atoms with Crippen LogP contribution in [0.25, 0.3) is 0 Å². The molecule has 0 aliphatic rings. The number of carboxylic acids is 1. The van der Waals surface area contributed by atoms with Crippen molar-refractivity contribution in [1.29, 1.82) is 0 Å². The number of carboxylic acid groups (broad SMARTS) is 1. The number of rotatable bonds is 8. The second-order valence-electron chi connectivity index (χ2n) is 6.71. The molecular formula is C20H21Cl2F3N2O2. The van der Waals surface area contributed by atoms with E-state index in [-0.39, 0.29) is 30.8 Å². The van der Waals surface area contributed by atoms with Gasteiger partial charge in [-0.1, -0.05) is 35.3 Å². The monoisotopic (exact) mass is 448 g/mol. The minimum atomic E-state index is -4.54. The van der Waals surface area contributed by atoms with Crippen LogP contribution in [0.4, 0.5) is 18.9 Å². The molecule has 0 heterocycles. The Bertz CT molecular complexity index is 866. The largest absolute Gasteiger partial charge is 0.481 e. The van der Waals surface area contributed by atoms with Gasteiger partial charge in [0.15, 0.2) is 0 Å². The molecule has 0 aliphatic carbocycles. The smallest absolute Gasteiger partial charge is 0.412 e. The Labute approximate surface area is 177 Å². The lowest BCUT2D eigenvalue weighted by Crippen LogP contribution is -2.28. The normalized spacial score (nSPS) is 12.7. The van der Waals surface area contributed by atoms with Gasteiger partial charge in [-0.25, -0.2) is 0 Å². The van der Waals surface area contributed by atoms with Crippen LogP contribution in [-0.4, -0.2) is 23.8 Å². The Balaban J connectivity index is 2.26. The van der Waals surface area contributed by atoms with Crippen LogP contribution in [0.1, 0.15) is 34.7 Å². The lowest BCUT2D eigenvalue weighted by atomic mass is 10.00. The van der Waals surface area contributed by atoms with Crippen molar-refractivity contribution in [3.8, 4) is 0 Å². The van der Waals surface area contributed by atoms with E-state index in [0.717, 1.165) is 0 Å². The summed E-state index contributed by atoms with van der Waals surface area (Å²) in [6, 6.07) is 5.41. The molecule has 2 aromatic rings. The van der Waals surface area contributed by atoms with Crippen LogP contribution < -0.4 is 10.6 Å². The molecule has 0 aromatic heterocycles. The summed E-state index contributed by atoms with van der Waals surface area (Å²) in [5.74, 6) is -0.944. The van der Waals surface area contributed by atoms with Crippen LogP contribution in [-0.2, 0) is 11.3 Å². The molecule has 0 bridgehead atoms. The van der Waals surface area contributed by atoms with Gasteiger partial charge >= 0.3 is 12.1 Å². The predicted octanol–water partition coefficient (Wildman–Crippen LogP) is 5.89. The topological polar surface area (TPSA) is 61.4 Å². The third-order valence-corrected chi connectivity index (χ3v) is 5.27. The first-order valence-electron chi connectivity index (χ1n) is 8.80. The number of anilines is 1. The molecule has 158 valence electrons. The van der Waals surface area contributed by atoms with Crippen LogP contribution in [0.15, 0.2) is 30.3 Å². The van der Waals surface area contributed by atoms with Crippen LogP contribution in [0.3, 0.4) is 0 Å². The maximum atomic E-state index is 13.8. The molecule has 0 saturated heterocycles. The molecule has 0 spiro atoms. The molecule has 2 aromatic carbocycles. The molecule has 9 heteroatoms. The molecule has 0 fully saturated rings. The van der Waals surface area contributed by atoms with E-state index in [1.807, 2.05) is 0 Å². The van der Waals surface area contributed by atoms with E-state index in [4.69, 9.17) is 28.3 Å². The van der Waals surface area contributed by atoms with Gasteiger partial charge in [-0.2, -0.15) is 13.2 Å². The highest BCUT2D eigenvalue weighted by atomic mass is 35.5. The number of alkyl halides is 3. The zero-order valence-corrected chi connectivity index (χ0v) is 17.3. The van der Waals surface area contributed by atoms with Crippen molar-refractivity contribution >= 4 is 34.9 Å². The summed E-state index contributed by atoms with van der Waals surface area (Å²) in [7, 11) is 0. The molecule has 0 amide bonds. The summed E-state index contributed by atoms with van der Waals surface area (Å²) in [6.45, 7) is 3.78. The van der Waals surface area contributed by atoms with Crippen molar-refractivity contribution in [2.45, 2.75) is 39.0 Å². The number of aryl methyl sites for hydroxylation is 2. The summed E-state index contributed by atoms with van der Waals surface area (Å²) in [6.07, 6.45) is -4.60. The Morgan fingerprint density at radius 1 is 1.14 bits per heavy atom. The minimum Gasteiger partial charge on any atom is -0.481 e. The highest BCUT2D eigenvalue weighted by Gasteiger charge is 2.41. The zero-order chi connectivity index (χ0) is 21.8. The third kappa shape index (κ3) is 6.52. The lowest BCUT2D eigenvalue weighted by Gasteiger charge is -2.25. The van der Waals surface area contributed by atoms with Gasteiger partial charge in [-0.15, -0.1) is 0 Å². The summed E-state index contributed by atoms with van der Waals surface area (Å²) in [5.41, 5.74) is 2.01. The van der Waals surface area contributed by atoms with Gasteiger partial charge in [0.05, 0.1) is 6.42 Å². The molecule has 1 atom stereocenters. The van der Waals surface area contributed by atoms with E-state index in [9.17, 15) is 18.0 Å². The second-order valence-corrected chi connectivity index (χ2v) is 7.50. The number of carbonyl (C=O) groups is 1. The lowest BCUT2D eigenvalue weighted by molar-refractivity contribution is -0.144. The van der Waals surface area contributed by atoms with Gasteiger partial charge in [0.2, 0.25) is 0 Å². The van der Waals surface area contributed by atoms with E-state index < -0.39 is 18.2 Å². The van der Waals surface area contributed by atoms with Crippen molar-refractivity contribution in [3.63, 3.8) is 0 Å². The van der Waals surface area contributed by atoms with Gasteiger partial charge in [-0.05, 0) is 54.3 Å². The summed E-state index contributed by atoms with van der Waals surface area (Å²) < 4.78 is 41.3. The van der Waals surface area contributed by atoms with Crippen LogP contribution in [0.2, 0.25) is 10.0 Å². The minimum absolute atomic E-state index is 0.0629. The Morgan fingerprint density at radius 2 is 1.76 bits per heavy atom. The Hall–Kier alpha value is -1.96. The maximum Gasteiger partial charge on any atom is 0.412 e. The molecule has 2 rings (SSSR count). The van der Waals surface area contributed by atoms with E-state index in [1.165, 1.54) is 30.3 Å². The maximum absolute atomic E-state index is 13.8. The first-order chi connectivity index (χ1) is 13.5. The van der Waals surface area contributed by atoms with Crippen molar-refractivity contribution < 1.29 is 23.1 Å². The van der Waals surface area contributed by atoms with Crippen molar-refractivity contribution in [1.82, 2.24) is 5.32 Å². The highest BCUT2D eigenvalue weighted by molar-refractivity contribution is 6.32. The molecule has 0 saturated carbocycles. The number of hydrogen-bond acceptors (Lipinski definition) is 3. The average Bonchev–Trinajstić information content (AvgIpc) is 2.61. The van der Waals surface area contributed by atoms with E-state index >= 15 is 0 Å².